The van der Waals surface area contributed by atoms with Crippen molar-refractivity contribution in [3.8, 4) is 0 Å². The van der Waals surface area contributed by atoms with Gasteiger partial charge in [-0.05, 0) is 24.2 Å². The Kier molecular flexibility index (Phi) is 1.45. The largest absolute Gasteiger partial charge is 0.393 e. The topological polar surface area (TPSA) is 40.5 Å². The van der Waals surface area contributed by atoms with E-state index in [1.54, 1.807) is 0 Å². The first-order valence-corrected chi connectivity index (χ1v) is 4.76. The molecule has 0 aliphatic heterocycles. The van der Waals surface area contributed by atoms with Gasteiger partial charge < -0.3 is 10.2 Å². The third kappa shape index (κ3) is 0.686. The second kappa shape index (κ2) is 2.05. The van der Waals surface area contributed by atoms with Crippen LogP contribution >= 0.6 is 0 Å². The molecule has 70 valence electrons. The summed E-state index contributed by atoms with van der Waals surface area (Å²) in [6.07, 6.45) is 1.16. The lowest BCUT2D eigenvalue weighted by Gasteiger charge is -2.36. The van der Waals surface area contributed by atoms with Gasteiger partial charge in [0.1, 0.15) is 0 Å². The minimum Gasteiger partial charge on any atom is -0.393 e. The van der Waals surface area contributed by atoms with Crippen LogP contribution in [0.25, 0.3) is 0 Å². The fraction of sp³-hybridized carbons (Fsp3) is 1.00. The van der Waals surface area contributed by atoms with Crippen LogP contribution < -0.4 is 0 Å². The quantitative estimate of drug-likeness (QED) is 0.573. The van der Waals surface area contributed by atoms with Gasteiger partial charge in [-0.1, -0.05) is 20.8 Å². The maximum atomic E-state index is 9.82. The van der Waals surface area contributed by atoms with Crippen LogP contribution in [-0.4, -0.2) is 22.4 Å². The summed E-state index contributed by atoms with van der Waals surface area (Å²) in [5.41, 5.74) is 0.0446. The molecule has 0 spiro atoms. The molecular weight excluding hydrogens is 152 g/mol. The zero-order valence-corrected chi connectivity index (χ0v) is 8.04. The second-order valence-corrected chi connectivity index (χ2v) is 5.27. The maximum absolute atomic E-state index is 9.82. The van der Waals surface area contributed by atoms with Crippen molar-refractivity contribution in [2.24, 2.45) is 16.7 Å². The van der Waals surface area contributed by atoms with Crippen LogP contribution in [0.2, 0.25) is 0 Å². The minimum atomic E-state index is -0.208. The molecule has 2 bridgehead atoms. The summed E-state index contributed by atoms with van der Waals surface area (Å²) in [6.45, 7) is 6.45. The molecule has 2 aliphatic rings. The van der Waals surface area contributed by atoms with Crippen molar-refractivity contribution < 1.29 is 10.2 Å². The molecule has 2 nitrogen and oxygen atoms in total. The second-order valence-electron chi connectivity index (χ2n) is 5.27. The summed E-state index contributed by atoms with van der Waals surface area (Å²) >= 11 is 0. The lowest BCUT2D eigenvalue weighted by Crippen LogP contribution is -2.36. The van der Waals surface area contributed by atoms with E-state index in [4.69, 9.17) is 0 Å². The van der Waals surface area contributed by atoms with Gasteiger partial charge in [-0.3, -0.25) is 0 Å². The third-order valence-electron chi connectivity index (χ3n) is 4.71. The molecule has 0 aromatic rings. The van der Waals surface area contributed by atoms with E-state index in [-0.39, 0.29) is 23.0 Å². The highest BCUT2D eigenvalue weighted by Crippen LogP contribution is 2.65. The Bertz CT molecular complexity index is 212. The monoisotopic (exact) mass is 170 g/mol. The van der Waals surface area contributed by atoms with Crippen LogP contribution in [0.3, 0.4) is 0 Å². The van der Waals surface area contributed by atoms with Crippen LogP contribution in [0.4, 0.5) is 0 Å². The molecule has 0 radical (unpaired) electrons. The van der Waals surface area contributed by atoms with Crippen molar-refractivity contribution in [3.63, 3.8) is 0 Å². The molecule has 0 aromatic heterocycles. The van der Waals surface area contributed by atoms with Crippen molar-refractivity contribution in [1.29, 1.82) is 0 Å². The van der Waals surface area contributed by atoms with E-state index in [1.165, 1.54) is 0 Å². The first kappa shape index (κ1) is 8.52. The first-order valence-electron chi connectivity index (χ1n) is 4.76. The zero-order chi connectivity index (χ0) is 9.15. The summed E-state index contributed by atoms with van der Waals surface area (Å²) in [6, 6.07) is 0. The maximum Gasteiger partial charge on any atom is 0.0603 e. The molecule has 0 amide bonds. The Balaban J connectivity index is 2.41. The van der Waals surface area contributed by atoms with Crippen molar-refractivity contribution in [2.45, 2.75) is 45.8 Å². The summed E-state index contributed by atoms with van der Waals surface area (Å²) in [5, 5.41) is 19.5. The summed E-state index contributed by atoms with van der Waals surface area (Å²) in [7, 11) is 0. The van der Waals surface area contributed by atoms with E-state index in [9.17, 15) is 10.2 Å². The highest BCUT2D eigenvalue weighted by Gasteiger charge is 2.64. The Hall–Kier alpha value is -0.0800. The molecule has 4 atom stereocenters. The van der Waals surface area contributed by atoms with Crippen LogP contribution in [0.1, 0.15) is 33.6 Å². The number of rotatable bonds is 0. The molecule has 2 unspecified atom stereocenters. The minimum absolute atomic E-state index is 0.0584. The normalized spacial score (nSPS) is 56.2. The Morgan fingerprint density at radius 3 is 2.00 bits per heavy atom. The predicted molar refractivity (Wildman–Crippen MR) is 46.6 cm³/mol. The summed E-state index contributed by atoms with van der Waals surface area (Å²) < 4.78 is 0. The standard InChI is InChI=1S/C10H18O2/c1-9(2)6-4-8(12)10(9,3)5-7(6)11/h6-8,11-12H,4-5H2,1-3H3/t6-,7?,8?,10-/m1/s1. The van der Waals surface area contributed by atoms with E-state index < -0.39 is 0 Å². The fourth-order valence-electron chi connectivity index (χ4n) is 3.26. The molecule has 2 heteroatoms. The highest BCUT2D eigenvalue weighted by molar-refractivity contribution is 5.13. The van der Waals surface area contributed by atoms with Crippen LogP contribution in [0.15, 0.2) is 0 Å². The van der Waals surface area contributed by atoms with Gasteiger partial charge >= 0.3 is 0 Å². The van der Waals surface area contributed by atoms with Crippen LogP contribution in [0.5, 0.6) is 0 Å². The molecule has 2 aliphatic carbocycles. The number of hydrogen-bond donors (Lipinski definition) is 2. The smallest absolute Gasteiger partial charge is 0.0603 e. The van der Waals surface area contributed by atoms with E-state index in [2.05, 4.69) is 20.8 Å². The van der Waals surface area contributed by atoms with Gasteiger partial charge in [-0.25, -0.2) is 0 Å². The van der Waals surface area contributed by atoms with Crippen LogP contribution in [-0.2, 0) is 0 Å². The van der Waals surface area contributed by atoms with Crippen molar-refractivity contribution in [3.05, 3.63) is 0 Å². The van der Waals surface area contributed by atoms with Gasteiger partial charge in [0.05, 0.1) is 12.2 Å². The molecule has 2 rings (SSSR count). The molecule has 2 N–H and O–H groups in total. The number of aliphatic hydroxyl groups excluding tert-OH is 2. The molecule has 0 aromatic carbocycles. The average molecular weight is 170 g/mol. The number of fused-ring (bicyclic) bond motifs is 2. The predicted octanol–water partition coefficient (Wildman–Crippen LogP) is 1.16. The summed E-state index contributed by atoms with van der Waals surface area (Å²) in [5.74, 6) is 0.303. The van der Waals surface area contributed by atoms with Gasteiger partial charge in [-0.15, -0.1) is 0 Å². The molecule has 0 heterocycles. The van der Waals surface area contributed by atoms with Gasteiger partial charge in [0.25, 0.3) is 0 Å². The Labute approximate surface area is 73.6 Å². The van der Waals surface area contributed by atoms with Gasteiger partial charge in [-0.2, -0.15) is 0 Å². The Morgan fingerprint density at radius 2 is 1.75 bits per heavy atom. The number of hydrogen-bond acceptors (Lipinski definition) is 2. The summed E-state index contributed by atoms with van der Waals surface area (Å²) in [4.78, 5) is 0. The van der Waals surface area contributed by atoms with Crippen molar-refractivity contribution >= 4 is 0 Å². The average Bonchev–Trinajstić information content (AvgIpc) is 2.18. The van der Waals surface area contributed by atoms with Gasteiger partial charge in [0.15, 0.2) is 0 Å². The van der Waals surface area contributed by atoms with Crippen molar-refractivity contribution in [1.82, 2.24) is 0 Å². The molecule has 0 saturated heterocycles. The molecule has 2 fully saturated rings. The Morgan fingerprint density at radius 1 is 1.17 bits per heavy atom. The molecule has 12 heavy (non-hydrogen) atoms. The number of aliphatic hydroxyl groups is 2. The van der Waals surface area contributed by atoms with E-state index in [1.807, 2.05) is 0 Å². The SMILES string of the molecule is CC1(C)[C@@H]2CC(O)[C@@]1(C)CC2O. The van der Waals surface area contributed by atoms with Gasteiger partial charge in [0.2, 0.25) is 0 Å². The lowest BCUT2D eigenvalue weighted by molar-refractivity contribution is -0.00727. The van der Waals surface area contributed by atoms with E-state index in [0.717, 1.165) is 12.8 Å². The lowest BCUT2D eigenvalue weighted by atomic mass is 9.70. The van der Waals surface area contributed by atoms with E-state index in [0.29, 0.717) is 5.92 Å². The first-order chi connectivity index (χ1) is 5.39. The van der Waals surface area contributed by atoms with Gasteiger partial charge in [0, 0.05) is 5.41 Å². The fourth-order valence-corrected chi connectivity index (χ4v) is 3.26. The highest BCUT2D eigenvalue weighted by atomic mass is 16.3. The van der Waals surface area contributed by atoms with Crippen molar-refractivity contribution in [2.75, 3.05) is 0 Å². The van der Waals surface area contributed by atoms with Crippen LogP contribution in [0, 0.1) is 16.7 Å². The third-order valence-corrected chi connectivity index (χ3v) is 4.71. The zero-order valence-electron chi connectivity index (χ0n) is 8.04. The molecule has 2 saturated carbocycles. The molecular formula is C10H18O2. The van der Waals surface area contributed by atoms with E-state index >= 15 is 0 Å².